The average Bonchev–Trinajstić information content (AvgIpc) is 3.00. The van der Waals surface area contributed by atoms with E-state index >= 15 is 0 Å². The molecule has 2 heterocycles. The zero-order chi connectivity index (χ0) is 28.6. The van der Waals surface area contributed by atoms with Gasteiger partial charge in [0.25, 0.3) is 5.91 Å². The second-order valence-electron chi connectivity index (χ2n) is 10.0. The zero-order valence-corrected chi connectivity index (χ0v) is 23.8. The lowest BCUT2D eigenvalue weighted by Gasteiger charge is -2.36. The molecule has 0 bridgehead atoms. The standard InChI is InChI=1S/C30H37N5O5/c1-21(2)19-35(30(37)22-6-9-24(38-3)10-7-22)20-29(36)34-16-14-33(15-17-34)28-13-11-25(31-32-28)23-8-12-26(39-4)27(18-23)40-5/h6-13,18,21H,14-17,19-20H2,1-5H3. The number of methoxy groups -OCH3 is 3. The number of carbonyl (C=O) groups is 2. The Labute approximate surface area is 235 Å². The smallest absolute Gasteiger partial charge is 0.254 e. The van der Waals surface area contributed by atoms with Gasteiger partial charge in [0.05, 0.1) is 27.0 Å². The van der Waals surface area contributed by atoms with E-state index in [2.05, 4.69) is 15.1 Å². The molecule has 2 amide bonds. The Hall–Kier alpha value is -4.34. The minimum atomic E-state index is -0.159. The van der Waals surface area contributed by atoms with Crippen molar-refractivity contribution >= 4 is 17.6 Å². The number of hydrogen-bond acceptors (Lipinski definition) is 8. The summed E-state index contributed by atoms with van der Waals surface area (Å²) in [6, 6.07) is 16.5. The van der Waals surface area contributed by atoms with Crippen LogP contribution in [0.5, 0.6) is 17.2 Å². The van der Waals surface area contributed by atoms with Crippen LogP contribution >= 0.6 is 0 Å². The SMILES string of the molecule is COc1ccc(C(=O)N(CC(=O)N2CCN(c3ccc(-c4ccc(OC)c(OC)c4)nn3)CC2)CC(C)C)cc1. The van der Waals surface area contributed by atoms with E-state index in [9.17, 15) is 9.59 Å². The molecule has 0 atom stereocenters. The van der Waals surface area contributed by atoms with E-state index in [1.807, 2.05) is 49.1 Å². The van der Waals surface area contributed by atoms with Crippen LogP contribution in [0.15, 0.2) is 54.6 Å². The normalized spacial score (nSPS) is 13.2. The van der Waals surface area contributed by atoms with Crippen LogP contribution in [0.1, 0.15) is 24.2 Å². The van der Waals surface area contributed by atoms with E-state index in [4.69, 9.17) is 14.2 Å². The summed E-state index contributed by atoms with van der Waals surface area (Å²) in [5.74, 6) is 2.73. The van der Waals surface area contributed by atoms with Gasteiger partial charge in [-0.3, -0.25) is 9.59 Å². The lowest BCUT2D eigenvalue weighted by Crippen LogP contribution is -2.52. The Morgan fingerprint density at radius 3 is 2.12 bits per heavy atom. The number of piperazine rings is 1. The second kappa shape index (κ2) is 13.1. The number of benzene rings is 2. The fourth-order valence-corrected chi connectivity index (χ4v) is 4.67. The van der Waals surface area contributed by atoms with E-state index in [1.54, 1.807) is 50.5 Å². The molecule has 10 heteroatoms. The van der Waals surface area contributed by atoms with Crippen molar-refractivity contribution in [1.29, 1.82) is 0 Å². The van der Waals surface area contributed by atoms with Crippen LogP contribution in [-0.4, -0.2) is 92.4 Å². The van der Waals surface area contributed by atoms with Crippen molar-refractivity contribution in [3.63, 3.8) is 0 Å². The Kier molecular flexibility index (Phi) is 9.42. The van der Waals surface area contributed by atoms with Gasteiger partial charge >= 0.3 is 0 Å². The molecular formula is C30H37N5O5. The molecule has 1 aromatic heterocycles. The van der Waals surface area contributed by atoms with Gasteiger partial charge in [0.15, 0.2) is 17.3 Å². The highest BCUT2D eigenvalue weighted by Gasteiger charge is 2.26. The minimum absolute atomic E-state index is 0.0445. The molecule has 1 saturated heterocycles. The van der Waals surface area contributed by atoms with E-state index in [1.165, 1.54) is 0 Å². The van der Waals surface area contributed by atoms with Gasteiger partial charge < -0.3 is 28.9 Å². The number of rotatable bonds is 10. The van der Waals surface area contributed by atoms with Crippen molar-refractivity contribution in [1.82, 2.24) is 20.0 Å². The number of aromatic nitrogens is 2. The fraction of sp³-hybridized carbons (Fsp3) is 0.400. The van der Waals surface area contributed by atoms with E-state index in [0.29, 0.717) is 55.5 Å². The first-order valence-corrected chi connectivity index (χ1v) is 13.3. The predicted octanol–water partition coefficient (Wildman–Crippen LogP) is 3.62. The molecule has 40 heavy (non-hydrogen) atoms. The maximum atomic E-state index is 13.2. The summed E-state index contributed by atoms with van der Waals surface area (Å²) in [4.78, 5) is 32.0. The number of ether oxygens (including phenoxy) is 3. The summed E-state index contributed by atoms with van der Waals surface area (Å²) < 4.78 is 15.9. The molecule has 0 unspecified atom stereocenters. The van der Waals surface area contributed by atoms with Gasteiger partial charge in [-0.05, 0) is 60.5 Å². The van der Waals surface area contributed by atoms with Crippen molar-refractivity contribution in [3.05, 3.63) is 60.2 Å². The molecule has 1 aliphatic heterocycles. The van der Waals surface area contributed by atoms with Crippen LogP contribution in [-0.2, 0) is 4.79 Å². The topological polar surface area (TPSA) is 97.3 Å². The third kappa shape index (κ3) is 6.80. The first-order valence-electron chi connectivity index (χ1n) is 13.3. The molecular weight excluding hydrogens is 510 g/mol. The molecule has 2 aromatic carbocycles. The highest BCUT2D eigenvalue weighted by molar-refractivity contribution is 5.96. The predicted molar refractivity (Wildman–Crippen MR) is 153 cm³/mol. The highest BCUT2D eigenvalue weighted by atomic mass is 16.5. The first kappa shape index (κ1) is 28.7. The van der Waals surface area contributed by atoms with E-state index in [-0.39, 0.29) is 24.3 Å². The van der Waals surface area contributed by atoms with Crippen LogP contribution in [0.2, 0.25) is 0 Å². The number of nitrogens with zero attached hydrogens (tertiary/aromatic N) is 5. The lowest BCUT2D eigenvalue weighted by molar-refractivity contribution is -0.132. The van der Waals surface area contributed by atoms with Gasteiger partial charge in [-0.2, -0.15) is 0 Å². The molecule has 0 radical (unpaired) electrons. The number of amides is 2. The van der Waals surface area contributed by atoms with Gasteiger partial charge in [0, 0.05) is 43.9 Å². The first-order chi connectivity index (χ1) is 19.3. The third-order valence-electron chi connectivity index (χ3n) is 6.82. The van der Waals surface area contributed by atoms with Crippen molar-refractivity contribution in [3.8, 4) is 28.5 Å². The van der Waals surface area contributed by atoms with Crippen LogP contribution in [0.25, 0.3) is 11.3 Å². The Morgan fingerprint density at radius 1 is 0.850 bits per heavy atom. The molecule has 1 fully saturated rings. The van der Waals surface area contributed by atoms with Gasteiger partial charge in [-0.25, -0.2) is 0 Å². The molecule has 3 aromatic rings. The summed E-state index contributed by atoms with van der Waals surface area (Å²) in [7, 11) is 4.78. The van der Waals surface area contributed by atoms with Crippen molar-refractivity contribution in [2.24, 2.45) is 5.92 Å². The Bertz CT molecular complexity index is 1290. The Morgan fingerprint density at radius 2 is 1.55 bits per heavy atom. The van der Waals surface area contributed by atoms with Gasteiger partial charge in [-0.1, -0.05) is 13.8 Å². The summed E-state index contributed by atoms with van der Waals surface area (Å²) in [5, 5.41) is 8.85. The molecule has 10 nitrogen and oxygen atoms in total. The monoisotopic (exact) mass is 547 g/mol. The van der Waals surface area contributed by atoms with E-state index in [0.717, 1.165) is 17.1 Å². The average molecular weight is 548 g/mol. The maximum absolute atomic E-state index is 13.2. The quantitative estimate of drug-likeness (QED) is 0.380. The summed E-state index contributed by atoms with van der Waals surface area (Å²) in [6.45, 7) is 6.97. The van der Waals surface area contributed by atoms with E-state index < -0.39 is 0 Å². The molecule has 0 aliphatic carbocycles. The van der Waals surface area contributed by atoms with Crippen LogP contribution in [0, 0.1) is 5.92 Å². The van der Waals surface area contributed by atoms with Crippen molar-refractivity contribution < 1.29 is 23.8 Å². The minimum Gasteiger partial charge on any atom is -0.497 e. The van der Waals surface area contributed by atoms with Gasteiger partial charge in [-0.15, -0.1) is 10.2 Å². The fourth-order valence-electron chi connectivity index (χ4n) is 4.67. The lowest BCUT2D eigenvalue weighted by atomic mass is 10.1. The molecule has 0 N–H and O–H groups in total. The van der Waals surface area contributed by atoms with Crippen molar-refractivity contribution in [2.75, 3.05) is 65.5 Å². The van der Waals surface area contributed by atoms with Gasteiger partial charge in [0.2, 0.25) is 5.91 Å². The highest BCUT2D eigenvalue weighted by Crippen LogP contribution is 2.31. The summed E-state index contributed by atoms with van der Waals surface area (Å²) in [5.41, 5.74) is 2.14. The van der Waals surface area contributed by atoms with Gasteiger partial charge in [0.1, 0.15) is 12.3 Å². The second-order valence-corrected chi connectivity index (χ2v) is 10.0. The summed E-state index contributed by atoms with van der Waals surface area (Å²) in [6.07, 6.45) is 0. The Balaban J connectivity index is 1.35. The number of hydrogen-bond donors (Lipinski definition) is 0. The number of carbonyl (C=O) groups excluding carboxylic acids is 2. The maximum Gasteiger partial charge on any atom is 0.254 e. The van der Waals surface area contributed by atoms with Crippen molar-refractivity contribution in [2.45, 2.75) is 13.8 Å². The summed E-state index contributed by atoms with van der Waals surface area (Å²) >= 11 is 0. The molecule has 0 saturated carbocycles. The van der Waals surface area contributed by atoms with Crippen LogP contribution < -0.4 is 19.1 Å². The number of anilines is 1. The van der Waals surface area contributed by atoms with Crippen LogP contribution in [0.3, 0.4) is 0 Å². The zero-order valence-electron chi connectivity index (χ0n) is 23.8. The van der Waals surface area contributed by atoms with Crippen LogP contribution in [0.4, 0.5) is 5.82 Å². The molecule has 4 rings (SSSR count). The molecule has 0 spiro atoms. The molecule has 212 valence electrons. The third-order valence-corrected chi connectivity index (χ3v) is 6.82. The molecule has 1 aliphatic rings. The largest absolute Gasteiger partial charge is 0.497 e.